The molecule has 2 aromatic rings. The van der Waals surface area contributed by atoms with Crippen LogP contribution in [0.1, 0.15) is 35.7 Å². The number of H-pyrrole nitrogens is 1. The lowest BCUT2D eigenvalue weighted by atomic mass is 9.98. The molecule has 0 spiro atoms. The number of rotatable bonds is 0. The highest BCUT2D eigenvalue weighted by Gasteiger charge is 2.34. The smallest absolute Gasteiger partial charge is 0.147 e. The molecule has 3 heterocycles. The van der Waals surface area contributed by atoms with Crippen LogP contribution in [0, 0.1) is 12.7 Å². The molecule has 2 bridgehead atoms. The molecule has 18 heavy (non-hydrogen) atoms. The van der Waals surface area contributed by atoms with Gasteiger partial charge in [0.2, 0.25) is 0 Å². The van der Waals surface area contributed by atoms with Gasteiger partial charge in [0.05, 0.1) is 5.52 Å². The van der Waals surface area contributed by atoms with E-state index in [4.69, 9.17) is 0 Å². The van der Waals surface area contributed by atoms with Gasteiger partial charge in [-0.1, -0.05) is 0 Å². The number of aromatic nitrogens is 1. The molecule has 2 aliphatic heterocycles. The number of benzene rings is 1. The van der Waals surface area contributed by atoms with Gasteiger partial charge < -0.3 is 10.3 Å². The van der Waals surface area contributed by atoms with Gasteiger partial charge in [0.25, 0.3) is 0 Å². The van der Waals surface area contributed by atoms with Crippen LogP contribution >= 0.6 is 12.4 Å². The van der Waals surface area contributed by atoms with E-state index in [-0.39, 0.29) is 18.2 Å². The van der Waals surface area contributed by atoms with Gasteiger partial charge in [-0.15, -0.1) is 12.4 Å². The van der Waals surface area contributed by atoms with Crippen LogP contribution in [-0.2, 0) is 6.42 Å². The van der Waals surface area contributed by atoms with Gasteiger partial charge in [-0.05, 0) is 43.0 Å². The molecule has 0 aliphatic carbocycles. The van der Waals surface area contributed by atoms with Gasteiger partial charge in [-0.3, -0.25) is 0 Å². The minimum absolute atomic E-state index is 0. The van der Waals surface area contributed by atoms with Gasteiger partial charge in [-0.2, -0.15) is 0 Å². The third-order valence-corrected chi connectivity index (χ3v) is 4.17. The summed E-state index contributed by atoms with van der Waals surface area (Å²) in [5, 5.41) is 4.70. The maximum atomic E-state index is 13.9. The molecule has 1 saturated heterocycles. The largest absolute Gasteiger partial charge is 0.356 e. The fourth-order valence-corrected chi connectivity index (χ4v) is 3.48. The van der Waals surface area contributed by atoms with Crippen LogP contribution in [0.15, 0.2) is 12.1 Å². The first-order chi connectivity index (χ1) is 8.22. The molecule has 1 aromatic heterocycles. The van der Waals surface area contributed by atoms with E-state index in [1.807, 2.05) is 6.92 Å². The van der Waals surface area contributed by atoms with E-state index in [1.54, 1.807) is 6.07 Å². The van der Waals surface area contributed by atoms with Crippen molar-refractivity contribution in [1.29, 1.82) is 0 Å². The van der Waals surface area contributed by atoms with Crippen LogP contribution < -0.4 is 5.32 Å². The van der Waals surface area contributed by atoms with Crippen LogP contribution in [0.2, 0.25) is 0 Å². The maximum Gasteiger partial charge on any atom is 0.147 e. The molecular formula is C14H16ClFN2. The maximum absolute atomic E-state index is 13.9. The van der Waals surface area contributed by atoms with Crippen LogP contribution in [0.5, 0.6) is 0 Å². The number of fused-ring (bicyclic) bond motifs is 6. The summed E-state index contributed by atoms with van der Waals surface area (Å²) < 4.78 is 13.9. The lowest BCUT2D eigenvalue weighted by Gasteiger charge is -2.21. The summed E-state index contributed by atoms with van der Waals surface area (Å²) in [5.41, 5.74) is 4.25. The Morgan fingerprint density at radius 1 is 1.28 bits per heavy atom. The minimum Gasteiger partial charge on any atom is -0.356 e. The van der Waals surface area contributed by atoms with E-state index < -0.39 is 0 Å². The second-order valence-corrected chi connectivity index (χ2v) is 5.38. The summed E-state index contributed by atoms with van der Waals surface area (Å²) in [7, 11) is 0. The monoisotopic (exact) mass is 266 g/mol. The van der Waals surface area contributed by atoms with Crippen molar-refractivity contribution in [3.8, 4) is 0 Å². The summed E-state index contributed by atoms with van der Waals surface area (Å²) in [5.74, 6) is -0.120. The Morgan fingerprint density at radius 3 is 2.94 bits per heavy atom. The van der Waals surface area contributed by atoms with Crippen molar-refractivity contribution in [2.24, 2.45) is 0 Å². The molecule has 4 heteroatoms. The Morgan fingerprint density at radius 2 is 2.11 bits per heavy atom. The molecule has 4 rings (SSSR count). The summed E-state index contributed by atoms with van der Waals surface area (Å²) in [4.78, 5) is 3.30. The average Bonchev–Trinajstić information content (AvgIpc) is 2.82. The summed E-state index contributed by atoms with van der Waals surface area (Å²) in [6.45, 7) is 1.95. The van der Waals surface area contributed by atoms with Crippen molar-refractivity contribution in [2.45, 2.75) is 38.3 Å². The van der Waals surface area contributed by atoms with Crippen molar-refractivity contribution >= 4 is 23.3 Å². The van der Waals surface area contributed by atoms with Crippen molar-refractivity contribution in [3.63, 3.8) is 0 Å². The minimum atomic E-state index is -0.120. The molecular weight excluding hydrogens is 251 g/mol. The Hall–Kier alpha value is -1.06. The Balaban J connectivity index is 0.000001000. The molecule has 2 aliphatic rings. The van der Waals surface area contributed by atoms with E-state index in [0.717, 1.165) is 17.4 Å². The van der Waals surface area contributed by atoms with Gasteiger partial charge in [0, 0.05) is 29.6 Å². The zero-order valence-corrected chi connectivity index (χ0v) is 11.0. The summed E-state index contributed by atoms with van der Waals surface area (Å²) in [6.07, 6.45) is 3.43. The predicted molar refractivity (Wildman–Crippen MR) is 72.8 cm³/mol. The number of hydrogen-bond acceptors (Lipinski definition) is 1. The van der Waals surface area contributed by atoms with Gasteiger partial charge in [0.15, 0.2) is 0 Å². The number of hydrogen-bond donors (Lipinski definition) is 2. The lowest BCUT2D eigenvalue weighted by molar-refractivity contribution is 0.513. The molecule has 2 N–H and O–H groups in total. The third-order valence-electron chi connectivity index (χ3n) is 4.17. The fourth-order valence-electron chi connectivity index (χ4n) is 3.48. The quantitative estimate of drug-likeness (QED) is 0.752. The van der Waals surface area contributed by atoms with Crippen LogP contribution in [0.3, 0.4) is 0 Å². The predicted octanol–water partition coefficient (Wildman–Crippen LogP) is 3.39. The van der Waals surface area contributed by atoms with Crippen LogP contribution in [0.4, 0.5) is 4.39 Å². The van der Waals surface area contributed by atoms with E-state index in [0.29, 0.717) is 17.6 Å². The van der Waals surface area contributed by atoms with Crippen molar-refractivity contribution < 1.29 is 4.39 Å². The first-order valence-corrected chi connectivity index (χ1v) is 6.29. The molecule has 2 atom stereocenters. The highest BCUT2D eigenvalue weighted by Crippen LogP contribution is 2.40. The number of aryl methyl sites for hydroxylation is 1. The summed E-state index contributed by atoms with van der Waals surface area (Å²) >= 11 is 0. The van der Waals surface area contributed by atoms with E-state index in [2.05, 4.69) is 16.4 Å². The zero-order chi connectivity index (χ0) is 11.6. The Labute approximate surface area is 111 Å². The first-order valence-electron chi connectivity index (χ1n) is 6.29. The van der Waals surface area contributed by atoms with Crippen LogP contribution in [-0.4, -0.2) is 11.0 Å². The van der Waals surface area contributed by atoms with E-state index in [9.17, 15) is 4.39 Å². The highest BCUT2D eigenvalue weighted by atomic mass is 35.5. The molecule has 0 saturated carbocycles. The highest BCUT2D eigenvalue weighted by molar-refractivity contribution is 5.87. The normalized spacial score (nSPS) is 25.0. The van der Waals surface area contributed by atoms with Crippen LogP contribution in [0.25, 0.3) is 10.9 Å². The standard InChI is InChI=1S/C14H15FN2.ClH/c1-7-4-9-13-11-3-2-8(16-11)6-12(13)17-14(9)10(15)5-7;/h4-5,8,11,16-17H,2-3,6H2,1H3;1H. The lowest BCUT2D eigenvalue weighted by Crippen LogP contribution is -2.31. The Kier molecular flexibility index (Phi) is 2.65. The zero-order valence-electron chi connectivity index (χ0n) is 10.2. The second kappa shape index (κ2) is 3.97. The molecule has 0 radical (unpaired) electrons. The Bertz CT molecular complexity index is 620. The van der Waals surface area contributed by atoms with Gasteiger partial charge in [-0.25, -0.2) is 4.39 Å². The fraction of sp³-hybridized carbons (Fsp3) is 0.429. The van der Waals surface area contributed by atoms with Gasteiger partial charge in [0.1, 0.15) is 5.82 Å². The van der Waals surface area contributed by atoms with E-state index in [1.165, 1.54) is 24.1 Å². The molecule has 1 fully saturated rings. The molecule has 0 amide bonds. The average molecular weight is 267 g/mol. The topological polar surface area (TPSA) is 27.8 Å². The number of halogens is 2. The van der Waals surface area contributed by atoms with Crippen molar-refractivity contribution in [1.82, 2.24) is 10.3 Å². The number of aromatic amines is 1. The second-order valence-electron chi connectivity index (χ2n) is 5.38. The molecule has 2 unspecified atom stereocenters. The third kappa shape index (κ3) is 1.50. The van der Waals surface area contributed by atoms with Gasteiger partial charge >= 0.3 is 0 Å². The van der Waals surface area contributed by atoms with Crippen molar-refractivity contribution in [3.05, 3.63) is 34.8 Å². The summed E-state index contributed by atoms with van der Waals surface area (Å²) in [6, 6.07) is 4.73. The molecule has 1 aromatic carbocycles. The molecule has 96 valence electrons. The van der Waals surface area contributed by atoms with E-state index >= 15 is 0 Å². The van der Waals surface area contributed by atoms with Crippen molar-refractivity contribution in [2.75, 3.05) is 0 Å². The molecule has 2 nitrogen and oxygen atoms in total. The first kappa shape index (κ1) is 12.0. The number of nitrogens with one attached hydrogen (secondary N) is 2. The SMILES string of the molecule is Cc1cc(F)c2[nH]c3c(c2c1)C1CCC(C3)N1.Cl.